The van der Waals surface area contributed by atoms with Crippen molar-refractivity contribution in [2.45, 2.75) is 6.92 Å². The molecule has 1 N–H and O–H groups in total. The van der Waals surface area contributed by atoms with Crippen LogP contribution in [0.2, 0.25) is 0 Å². The molecule has 22 heavy (non-hydrogen) atoms. The molecule has 5 nitrogen and oxygen atoms in total. The van der Waals surface area contributed by atoms with Gasteiger partial charge in [-0.05, 0) is 30.7 Å². The summed E-state index contributed by atoms with van der Waals surface area (Å²) in [4.78, 5) is 19.5. The third kappa shape index (κ3) is 1.88. The Morgan fingerprint density at radius 3 is 2.91 bits per heavy atom. The Morgan fingerprint density at radius 2 is 2.09 bits per heavy atom. The van der Waals surface area contributed by atoms with Gasteiger partial charge in [-0.15, -0.1) is 0 Å². The van der Waals surface area contributed by atoms with Crippen LogP contribution in [0.1, 0.15) is 5.69 Å². The molecule has 0 aliphatic carbocycles. The molecule has 0 fully saturated rings. The van der Waals surface area contributed by atoms with Crippen molar-refractivity contribution in [3.63, 3.8) is 0 Å². The van der Waals surface area contributed by atoms with E-state index in [0.29, 0.717) is 22.4 Å². The van der Waals surface area contributed by atoms with Crippen LogP contribution in [-0.4, -0.2) is 19.6 Å². The summed E-state index contributed by atoms with van der Waals surface area (Å²) in [5.41, 5.74) is 2.69. The summed E-state index contributed by atoms with van der Waals surface area (Å²) in [5, 5.41) is 5.05. The highest BCUT2D eigenvalue weighted by Crippen LogP contribution is 2.20. The molecule has 0 atom stereocenters. The van der Waals surface area contributed by atoms with Crippen LogP contribution < -0.4 is 5.56 Å². The van der Waals surface area contributed by atoms with Gasteiger partial charge in [0.2, 0.25) is 0 Å². The van der Waals surface area contributed by atoms with Gasteiger partial charge in [0.05, 0.1) is 5.69 Å². The minimum absolute atomic E-state index is 0.293. The third-order valence-corrected chi connectivity index (χ3v) is 3.55. The second-order valence-electron chi connectivity index (χ2n) is 5.14. The fourth-order valence-electron chi connectivity index (χ4n) is 2.56. The summed E-state index contributed by atoms with van der Waals surface area (Å²) in [5.74, 6) is -0.381. The van der Waals surface area contributed by atoms with Crippen LogP contribution in [0.15, 0.2) is 47.4 Å². The topological polar surface area (TPSA) is 63.0 Å². The van der Waals surface area contributed by atoms with E-state index in [1.54, 1.807) is 28.9 Å². The molecular weight excluding hydrogens is 283 g/mol. The van der Waals surface area contributed by atoms with E-state index >= 15 is 0 Å². The Labute approximate surface area is 124 Å². The number of nitrogens with zero attached hydrogens (tertiary/aromatic N) is 3. The number of aryl methyl sites for hydroxylation is 1. The van der Waals surface area contributed by atoms with Crippen molar-refractivity contribution in [2.24, 2.45) is 0 Å². The molecule has 0 amide bonds. The summed E-state index contributed by atoms with van der Waals surface area (Å²) in [6.45, 7) is 1.86. The average Bonchev–Trinajstić information content (AvgIpc) is 2.87. The highest BCUT2D eigenvalue weighted by Gasteiger charge is 2.10. The normalized spacial score (nSPS) is 11.4. The van der Waals surface area contributed by atoms with Crippen molar-refractivity contribution < 1.29 is 4.39 Å². The number of nitrogens with one attached hydrogen (secondary N) is 1. The van der Waals surface area contributed by atoms with Gasteiger partial charge in [0.1, 0.15) is 11.5 Å². The number of pyridine rings is 1. The van der Waals surface area contributed by atoms with Crippen LogP contribution in [0.4, 0.5) is 4.39 Å². The Bertz CT molecular complexity index is 1080. The van der Waals surface area contributed by atoms with E-state index in [9.17, 15) is 9.18 Å². The zero-order chi connectivity index (χ0) is 15.3. The number of aromatic amines is 1. The van der Waals surface area contributed by atoms with Crippen molar-refractivity contribution in [1.29, 1.82) is 0 Å². The Balaban J connectivity index is 2.05. The molecule has 108 valence electrons. The molecule has 4 aromatic rings. The maximum atomic E-state index is 13.4. The fraction of sp³-hybridized carbons (Fsp3) is 0.0625. The number of benzene rings is 1. The number of H-pyrrole nitrogens is 1. The van der Waals surface area contributed by atoms with Crippen LogP contribution >= 0.6 is 0 Å². The number of hydrogen-bond acceptors (Lipinski definition) is 3. The van der Waals surface area contributed by atoms with E-state index < -0.39 is 0 Å². The number of aromatic nitrogens is 4. The first kappa shape index (κ1) is 12.7. The molecular formula is C16H11FN4O. The highest BCUT2D eigenvalue weighted by atomic mass is 19.1. The van der Waals surface area contributed by atoms with Gasteiger partial charge >= 0.3 is 0 Å². The molecule has 6 heteroatoms. The summed E-state index contributed by atoms with van der Waals surface area (Å²) in [7, 11) is 0. The molecule has 0 bridgehead atoms. The van der Waals surface area contributed by atoms with Gasteiger partial charge < -0.3 is 4.98 Å². The zero-order valence-corrected chi connectivity index (χ0v) is 11.7. The highest BCUT2D eigenvalue weighted by molar-refractivity contribution is 5.81. The summed E-state index contributed by atoms with van der Waals surface area (Å²) >= 11 is 0. The van der Waals surface area contributed by atoms with Gasteiger partial charge in [0, 0.05) is 23.2 Å². The Morgan fingerprint density at radius 1 is 1.23 bits per heavy atom. The lowest BCUT2D eigenvalue weighted by Gasteiger charge is -2.05. The molecule has 0 aliphatic heterocycles. The third-order valence-electron chi connectivity index (χ3n) is 3.55. The Hall–Kier alpha value is -3.02. The summed E-state index contributed by atoms with van der Waals surface area (Å²) in [6.07, 6.45) is 1.67. The molecule has 0 radical (unpaired) electrons. The van der Waals surface area contributed by atoms with E-state index in [4.69, 9.17) is 0 Å². The van der Waals surface area contributed by atoms with Crippen molar-refractivity contribution in [1.82, 2.24) is 19.6 Å². The first-order chi connectivity index (χ1) is 10.6. The molecule has 3 aromatic heterocycles. The van der Waals surface area contributed by atoms with Crippen LogP contribution in [0, 0.1) is 12.7 Å². The van der Waals surface area contributed by atoms with Crippen LogP contribution in [0.3, 0.4) is 0 Å². The number of halogens is 1. The fourth-order valence-corrected chi connectivity index (χ4v) is 2.56. The lowest BCUT2D eigenvalue weighted by atomic mass is 10.1. The van der Waals surface area contributed by atoms with E-state index in [2.05, 4.69) is 15.1 Å². The minimum atomic E-state index is -0.381. The van der Waals surface area contributed by atoms with Crippen molar-refractivity contribution in [3.05, 3.63) is 64.5 Å². The smallest absolute Gasteiger partial charge is 0.257 e. The second kappa shape index (κ2) is 4.49. The van der Waals surface area contributed by atoms with Gasteiger partial charge in [0.25, 0.3) is 5.56 Å². The predicted molar refractivity (Wildman–Crippen MR) is 81.2 cm³/mol. The van der Waals surface area contributed by atoms with E-state index in [1.165, 1.54) is 12.1 Å². The van der Waals surface area contributed by atoms with Crippen molar-refractivity contribution >= 4 is 16.7 Å². The minimum Gasteiger partial charge on any atom is -0.306 e. The van der Waals surface area contributed by atoms with Gasteiger partial charge in [0.15, 0.2) is 5.65 Å². The standard InChI is InChI=1S/C16H11FN4O/c1-9-5-14-18-8-11-7-13(10-3-2-4-12(17)6-10)16(22)19-15(11)21(14)20-9/h2-8H,1H3,(H,19,22). The molecule has 4 rings (SSSR count). The molecule has 0 saturated carbocycles. The lowest BCUT2D eigenvalue weighted by molar-refractivity contribution is 0.628. The number of rotatable bonds is 1. The molecule has 3 heterocycles. The number of hydrogen-bond donors (Lipinski definition) is 1. The van der Waals surface area contributed by atoms with Gasteiger partial charge in [-0.1, -0.05) is 12.1 Å². The second-order valence-corrected chi connectivity index (χ2v) is 5.14. The van der Waals surface area contributed by atoms with Crippen molar-refractivity contribution in [3.8, 4) is 11.1 Å². The first-order valence-electron chi connectivity index (χ1n) is 6.76. The predicted octanol–water partition coefficient (Wildman–Crippen LogP) is 2.69. The van der Waals surface area contributed by atoms with Gasteiger partial charge in [-0.25, -0.2) is 9.37 Å². The zero-order valence-electron chi connectivity index (χ0n) is 11.7. The van der Waals surface area contributed by atoms with E-state index in [0.717, 1.165) is 11.1 Å². The van der Waals surface area contributed by atoms with E-state index in [-0.39, 0.29) is 11.4 Å². The molecule has 0 saturated heterocycles. The van der Waals surface area contributed by atoms with E-state index in [1.807, 2.05) is 13.0 Å². The SMILES string of the molecule is Cc1cc2ncc3cc(-c4cccc(F)c4)c(=O)[nH]c3n2n1. The number of fused-ring (bicyclic) bond motifs is 3. The average molecular weight is 294 g/mol. The summed E-state index contributed by atoms with van der Waals surface area (Å²) in [6, 6.07) is 9.48. The van der Waals surface area contributed by atoms with Crippen LogP contribution in [-0.2, 0) is 0 Å². The van der Waals surface area contributed by atoms with Crippen molar-refractivity contribution in [2.75, 3.05) is 0 Å². The lowest BCUT2D eigenvalue weighted by Crippen LogP contribution is -2.11. The van der Waals surface area contributed by atoms with Gasteiger partial charge in [-0.2, -0.15) is 9.61 Å². The van der Waals surface area contributed by atoms with Crippen LogP contribution in [0.5, 0.6) is 0 Å². The maximum Gasteiger partial charge on any atom is 0.257 e. The Kier molecular flexibility index (Phi) is 2.59. The first-order valence-corrected chi connectivity index (χ1v) is 6.76. The van der Waals surface area contributed by atoms with Gasteiger partial charge in [-0.3, -0.25) is 4.79 Å². The monoisotopic (exact) mass is 294 g/mol. The quantitative estimate of drug-likeness (QED) is 0.587. The maximum absolute atomic E-state index is 13.4. The largest absolute Gasteiger partial charge is 0.306 e. The molecule has 0 aliphatic rings. The molecule has 1 aromatic carbocycles. The molecule has 0 spiro atoms. The summed E-state index contributed by atoms with van der Waals surface area (Å²) < 4.78 is 15.0. The van der Waals surface area contributed by atoms with Crippen LogP contribution in [0.25, 0.3) is 27.8 Å². The molecule has 0 unspecified atom stereocenters.